The van der Waals surface area contributed by atoms with Gasteiger partial charge in [0.2, 0.25) is 0 Å². The number of allylic oxidation sites excluding steroid dienone is 5. The molecule has 1 aliphatic carbocycles. The van der Waals surface area contributed by atoms with Crippen LogP contribution in [-0.4, -0.2) is 55.1 Å². The van der Waals surface area contributed by atoms with E-state index >= 15 is 0 Å². The molecule has 2 amide bonds. The number of nitrogens with zero attached hydrogens (tertiary/aromatic N) is 1. The maximum Gasteiger partial charge on any atom is 0.405 e. The van der Waals surface area contributed by atoms with E-state index in [1.54, 1.807) is 24.0 Å². The summed E-state index contributed by atoms with van der Waals surface area (Å²) < 4.78 is 37.9. The first-order valence-electron chi connectivity index (χ1n) is 12.3. The number of nitrogens with two attached hydrogens (primary N) is 1. The molecule has 1 aromatic rings. The largest absolute Gasteiger partial charge is 0.405 e. The number of carbonyl (C=O) groups is 2. The summed E-state index contributed by atoms with van der Waals surface area (Å²) in [4.78, 5) is 28.2. The summed E-state index contributed by atoms with van der Waals surface area (Å²) in [5.41, 5.74) is 10.5. The van der Waals surface area contributed by atoms with E-state index in [-0.39, 0.29) is 18.1 Å². The summed E-state index contributed by atoms with van der Waals surface area (Å²) in [7, 11) is 0. The molecule has 0 spiro atoms. The number of rotatable bonds is 8. The Morgan fingerprint density at radius 3 is 2.33 bits per heavy atom. The predicted molar refractivity (Wildman–Crippen MR) is 135 cm³/mol. The van der Waals surface area contributed by atoms with Crippen molar-refractivity contribution in [2.24, 2.45) is 5.73 Å². The van der Waals surface area contributed by atoms with Crippen LogP contribution in [0.2, 0.25) is 0 Å². The molecular formula is C27H35F3N4O2. The van der Waals surface area contributed by atoms with E-state index in [4.69, 9.17) is 5.73 Å². The lowest BCUT2D eigenvalue weighted by Crippen LogP contribution is -2.39. The minimum Gasteiger partial charge on any atom is -0.380 e. The van der Waals surface area contributed by atoms with Gasteiger partial charge in [-0.25, -0.2) is 0 Å². The summed E-state index contributed by atoms with van der Waals surface area (Å²) in [6, 6.07) is 4.60. The molecule has 1 saturated heterocycles. The van der Waals surface area contributed by atoms with Crippen molar-refractivity contribution in [3.05, 3.63) is 63.9 Å². The fourth-order valence-corrected chi connectivity index (χ4v) is 4.52. The van der Waals surface area contributed by atoms with Crippen LogP contribution in [0.25, 0.3) is 5.57 Å². The Labute approximate surface area is 210 Å². The Morgan fingerprint density at radius 1 is 1.08 bits per heavy atom. The van der Waals surface area contributed by atoms with E-state index in [1.807, 2.05) is 18.2 Å². The highest BCUT2D eigenvalue weighted by atomic mass is 19.4. The number of nitrogens with one attached hydrogen (secondary N) is 2. The first-order chi connectivity index (χ1) is 17.0. The number of benzene rings is 1. The van der Waals surface area contributed by atoms with Crippen LogP contribution in [0, 0.1) is 0 Å². The monoisotopic (exact) mass is 504 g/mol. The van der Waals surface area contributed by atoms with Gasteiger partial charge in [0.1, 0.15) is 6.54 Å². The molecule has 1 heterocycles. The highest BCUT2D eigenvalue weighted by molar-refractivity contribution is 6.01. The summed E-state index contributed by atoms with van der Waals surface area (Å²) in [6.45, 7) is 5.44. The van der Waals surface area contributed by atoms with E-state index in [9.17, 15) is 22.8 Å². The van der Waals surface area contributed by atoms with E-state index in [0.29, 0.717) is 29.8 Å². The van der Waals surface area contributed by atoms with Crippen molar-refractivity contribution in [1.82, 2.24) is 15.5 Å². The smallest absolute Gasteiger partial charge is 0.380 e. The summed E-state index contributed by atoms with van der Waals surface area (Å²) in [6.07, 6.45) is 3.34. The van der Waals surface area contributed by atoms with Crippen LogP contribution in [0.5, 0.6) is 0 Å². The lowest BCUT2D eigenvalue weighted by molar-refractivity contribution is -0.123. The Bertz CT molecular complexity index is 1080. The molecule has 0 bridgehead atoms. The molecule has 196 valence electrons. The summed E-state index contributed by atoms with van der Waals surface area (Å²) in [5.74, 6) is -0.521. The van der Waals surface area contributed by atoms with Crippen molar-refractivity contribution in [2.45, 2.75) is 58.7 Å². The number of likely N-dealkylation sites (tertiary alicyclic amines) is 1. The number of carbonyl (C=O) groups excluding carboxylic acids is 2. The molecule has 0 saturated carbocycles. The standard InChI is InChI=1S/C27H35F3N4O2/c1-17-6-8-20(9-7-17)21-12-22(14-23(13-21)26(36)34-10-4-5-11-34)25(35)33-19(3)24(15-31)18(2)32-16-27(28,29)30/h6,8,12-14,19,32H,4-5,7,9-11,15-16,31H2,1-3H3,(H,33,35)/b24-18+/t19-/m1/s1. The zero-order valence-corrected chi connectivity index (χ0v) is 21.1. The minimum atomic E-state index is -4.37. The Kier molecular flexibility index (Phi) is 9.00. The van der Waals surface area contributed by atoms with Gasteiger partial charge < -0.3 is 21.3 Å². The molecule has 3 rings (SSSR count). The fourth-order valence-electron chi connectivity index (χ4n) is 4.52. The van der Waals surface area contributed by atoms with Crippen LogP contribution in [-0.2, 0) is 0 Å². The number of amides is 2. The Hall–Kier alpha value is -3.07. The lowest BCUT2D eigenvalue weighted by atomic mass is 9.91. The van der Waals surface area contributed by atoms with Crippen molar-refractivity contribution in [3.8, 4) is 0 Å². The predicted octanol–water partition coefficient (Wildman–Crippen LogP) is 4.55. The number of hydrogen-bond donors (Lipinski definition) is 3. The van der Waals surface area contributed by atoms with Crippen LogP contribution in [0.15, 0.2) is 47.2 Å². The third-order valence-electron chi connectivity index (χ3n) is 6.69. The van der Waals surface area contributed by atoms with Crippen LogP contribution < -0.4 is 16.4 Å². The van der Waals surface area contributed by atoms with Gasteiger partial charge in [-0.3, -0.25) is 9.59 Å². The van der Waals surface area contributed by atoms with Gasteiger partial charge in [0, 0.05) is 36.5 Å². The van der Waals surface area contributed by atoms with Gasteiger partial charge in [-0.2, -0.15) is 13.2 Å². The first kappa shape index (κ1) is 27.5. The van der Waals surface area contributed by atoms with Crippen molar-refractivity contribution in [1.29, 1.82) is 0 Å². The van der Waals surface area contributed by atoms with Crippen molar-refractivity contribution in [2.75, 3.05) is 26.2 Å². The van der Waals surface area contributed by atoms with E-state index in [0.717, 1.165) is 36.8 Å². The molecular weight excluding hydrogens is 469 g/mol. The normalized spacial score (nSPS) is 17.7. The SMILES string of the molecule is CC1=CC=C(c2cc(C(=O)N[C@H](C)/C(CN)=C(\C)NCC(F)(F)F)cc(C(=O)N3CCCC3)c2)CC1. The Balaban J connectivity index is 1.88. The van der Waals surface area contributed by atoms with Gasteiger partial charge in [-0.15, -0.1) is 0 Å². The van der Waals surface area contributed by atoms with Gasteiger partial charge in [-0.1, -0.05) is 17.7 Å². The molecule has 9 heteroatoms. The quantitative estimate of drug-likeness (QED) is 0.485. The second-order valence-electron chi connectivity index (χ2n) is 9.52. The Morgan fingerprint density at radius 2 is 1.75 bits per heavy atom. The summed E-state index contributed by atoms with van der Waals surface area (Å²) >= 11 is 0. The highest BCUT2D eigenvalue weighted by Crippen LogP contribution is 2.29. The second kappa shape index (κ2) is 11.8. The van der Waals surface area contributed by atoms with E-state index in [1.165, 1.54) is 12.5 Å². The van der Waals surface area contributed by atoms with Gasteiger partial charge >= 0.3 is 6.18 Å². The van der Waals surface area contributed by atoms with Gasteiger partial charge in [-0.05, 0) is 81.4 Å². The third-order valence-corrected chi connectivity index (χ3v) is 6.69. The minimum absolute atomic E-state index is 0.0184. The molecule has 0 radical (unpaired) electrons. The van der Waals surface area contributed by atoms with Gasteiger partial charge in [0.15, 0.2) is 0 Å². The zero-order valence-electron chi connectivity index (χ0n) is 21.1. The topological polar surface area (TPSA) is 87.5 Å². The molecule has 36 heavy (non-hydrogen) atoms. The molecule has 1 aliphatic heterocycles. The third kappa shape index (κ3) is 7.22. The van der Waals surface area contributed by atoms with Crippen LogP contribution in [0.4, 0.5) is 13.2 Å². The molecule has 6 nitrogen and oxygen atoms in total. The fraction of sp³-hybridized carbons (Fsp3) is 0.481. The van der Waals surface area contributed by atoms with Crippen LogP contribution in [0.1, 0.15) is 72.7 Å². The van der Waals surface area contributed by atoms with Crippen LogP contribution >= 0.6 is 0 Å². The molecule has 1 fully saturated rings. The van der Waals surface area contributed by atoms with Crippen molar-refractivity contribution in [3.63, 3.8) is 0 Å². The van der Waals surface area contributed by atoms with Crippen molar-refractivity contribution < 1.29 is 22.8 Å². The van der Waals surface area contributed by atoms with Gasteiger partial charge in [0.25, 0.3) is 11.8 Å². The zero-order chi connectivity index (χ0) is 26.5. The second-order valence-corrected chi connectivity index (χ2v) is 9.52. The number of halogens is 3. The number of hydrogen-bond acceptors (Lipinski definition) is 4. The number of alkyl halides is 3. The highest BCUT2D eigenvalue weighted by Gasteiger charge is 2.27. The maximum atomic E-state index is 13.3. The van der Waals surface area contributed by atoms with E-state index in [2.05, 4.69) is 17.6 Å². The molecule has 1 atom stereocenters. The van der Waals surface area contributed by atoms with Crippen molar-refractivity contribution >= 4 is 17.4 Å². The average molecular weight is 505 g/mol. The molecule has 0 unspecified atom stereocenters. The summed E-state index contributed by atoms with van der Waals surface area (Å²) in [5, 5.41) is 5.18. The molecule has 4 N–H and O–H groups in total. The maximum absolute atomic E-state index is 13.3. The van der Waals surface area contributed by atoms with Crippen LogP contribution in [0.3, 0.4) is 0 Å². The van der Waals surface area contributed by atoms with E-state index < -0.39 is 24.7 Å². The molecule has 0 aromatic heterocycles. The molecule has 1 aromatic carbocycles. The first-order valence-corrected chi connectivity index (χ1v) is 12.3. The average Bonchev–Trinajstić information content (AvgIpc) is 3.37. The van der Waals surface area contributed by atoms with Gasteiger partial charge in [0.05, 0.1) is 6.04 Å². The molecule has 2 aliphatic rings. The lowest BCUT2D eigenvalue weighted by Gasteiger charge is -2.22.